The van der Waals surface area contributed by atoms with Gasteiger partial charge in [-0.15, -0.1) is 16.8 Å². The third-order valence-corrected chi connectivity index (χ3v) is 1.32. The van der Waals surface area contributed by atoms with E-state index in [0.29, 0.717) is 0 Å². The van der Waals surface area contributed by atoms with Crippen LogP contribution >= 0.6 is 0 Å². The summed E-state index contributed by atoms with van der Waals surface area (Å²) in [4.78, 5) is 0. The molecule has 0 aliphatic heterocycles. The van der Waals surface area contributed by atoms with Gasteiger partial charge in [-0.3, -0.25) is 0 Å². The van der Waals surface area contributed by atoms with Crippen molar-refractivity contribution in [2.75, 3.05) is 13.2 Å². The standard InChI is InChI=1S/C6H7N3.C4H10O/c1-2-3-6-4-5-7-9-8-6;1-3-5-4-2/h2,4-5H,1,3H2;3-4H2,1-2H3. The molecule has 0 radical (unpaired) electrons. The first-order valence-corrected chi connectivity index (χ1v) is 4.67. The lowest BCUT2D eigenvalue weighted by atomic mass is 10.3. The Labute approximate surface area is 85.0 Å². The molecule has 1 heterocycles. The highest BCUT2D eigenvalue weighted by molar-refractivity contribution is 4.99. The summed E-state index contributed by atoms with van der Waals surface area (Å²) in [6.07, 6.45) is 4.16. The molecule has 78 valence electrons. The molecule has 0 amide bonds. The van der Waals surface area contributed by atoms with Crippen LogP contribution in [0.3, 0.4) is 0 Å². The lowest BCUT2D eigenvalue weighted by molar-refractivity contribution is 0.162. The molecule has 0 saturated heterocycles. The first-order chi connectivity index (χ1) is 6.85. The van der Waals surface area contributed by atoms with Gasteiger partial charge in [-0.25, -0.2) is 0 Å². The van der Waals surface area contributed by atoms with Crippen molar-refractivity contribution in [1.29, 1.82) is 0 Å². The molecule has 14 heavy (non-hydrogen) atoms. The normalized spacial score (nSPS) is 8.71. The average molecular weight is 195 g/mol. The molecule has 0 atom stereocenters. The summed E-state index contributed by atoms with van der Waals surface area (Å²) in [5.41, 5.74) is 0.903. The smallest absolute Gasteiger partial charge is 0.0702 e. The molecule has 0 fully saturated rings. The molecular weight excluding hydrogens is 178 g/mol. The van der Waals surface area contributed by atoms with Crippen LogP contribution in [0.1, 0.15) is 19.5 Å². The summed E-state index contributed by atoms with van der Waals surface area (Å²) in [6, 6.07) is 1.81. The van der Waals surface area contributed by atoms with Crippen LogP contribution in [0, 0.1) is 0 Å². The van der Waals surface area contributed by atoms with E-state index in [1.807, 2.05) is 19.9 Å². The van der Waals surface area contributed by atoms with Gasteiger partial charge in [-0.2, -0.15) is 0 Å². The van der Waals surface area contributed by atoms with Crippen molar-refractivity contribution in [2.45, 2.75) is 20.3 Å². The van der Waals surface area contributed by atoms with Gasteiger partial charge in [0.15, 0.2) is 0 Å². The van der Waals surface area contributed by atoms with Crippen molar-refractivity contribution in [2.24, 2.45) is 0 Å². The number of ether oxygens (including phenoxy) is 1. The van der Waals surface area contributed by atoms with E-state index in [0.717, 1.165) is 25.3 Å². The third-order valence-electron chi connectivity index (χ3n) is 1.32. The molecule has 1 rings (SSSR count). The molecule has 0 unspecified atom stereocenters. The predicted octanol–water partition coefficient (Wildman–Crippen LogP) is 1.64. The van der Waals surface area contributed by atoms with Crippen molar-refractivity contribution in [3.63, 3.8) is 0 Å². The van der Waals surface area contributed by atoms with E-state index < -0.39 is 0 Å². The van der Waals surface area contributed by atoms with Crippen molar-refractivity contribution in [3.05, 3.63) is 30.6 Å². The first kappa shape index (κ1) is 12.7. The van der Waals surface area contributed by atoms with Crippen LogP contribution in [0.5, 0.6) is 0 Å². The second-order valence-corrected chi connectivity index (χ2v) is 2.39. The largest absolute Gasteiger partial charge is 0.382 e. The van der Waals surface area contributed by atoms with Gasteiger partial charge in [-0.1, -0.05) is 6.08 Å². The summed E-state index contributed by atoms with van der Waals surface area (Å²) >= 11 is 0. The molecule has 4 heteroatoms. The Kier molecular flexibility index (Phi) is 8.89. The van der Waals surface area contributed by atoms with Gasteiger partial charge in [0.1, 0.15) is 0 Å². The van der Waals surface area contributed by atoms with Crippen LogP contribution in [0.15, 0.2) is 24.9 Å². The monoisotopic (exact) mass is 195 g/mol. The lowest BCUT2D eigenvalue weighted by Gasteiger charge is -1.87. The molecule has 0 aliphatic carbocycles. The van der Waals surface area contributed by atoms with Crippen molar-refractivity contribution in [1.82, 2.24) is 15.4 Å². The topological polar surface area (TPSA) is 47.9 Å². The van der Waals surface area contributed by atoms with Gasteiger partial charge in [0.05, 0.1) is 11.9 Å². The maximum Gasteiger partial charge on any atom is 0.0702 e. The minimum Gasteiger partial charge on any atom is -0.382 e. The number of hydrogen-bond donors (Lipinski definition) is 0. The Morgan fingerprint density at radius 3 is 2.50 bits per heavy atom. The van der Waals surface area contributed by atoms with Crippen LogP contribution in [0.25, 0.3) is 0 Å². The molecule has 1 aromatic heterocycles. The Balaban J connectivity index is 0.000000292. The lowest BCUT2D eigenvalue weighted by Crippen LogP contribution is -1.91. The van der Waals surface area contributed by atoms with E-state index in [1.165, 1.54) is 0 Å². The number of aromatic nitrogens is 3. The number of allylic oxidation sites excluding steroid dienone is 1. The van der Waals surface area contributed by atoms with E-state index >= 15 is 0 Å². The van der Waals surface area contributed by atoms with Crippen LogP contribution < -0.4 is 0 Å². The minimum absolute atomic E-state index is 0.759. The molecule has 0 N–H and O–H groups in total. The van der Waals surface area contributed by atoms with E-state index in [1.54, 1.807) is 12.3 Å². The van der Waals surface area contributed by atoms with Gasteiger partial charge in [0.2, 0.25) is 0 Å². The fraction of sp³-hybridized carbons (Fsp3) is 0.500. The van der Waals surface area contributed by atoms with Gasteiger partial charge in [-0.05, 0) is 25.1 Å². The molecule has 4 nitrogen and oxygen atoms in total. The van der Waals surface area contributed by atoms with Gasteiger partial charge >= 0.3 is 0 Å². The number of nitrogens with zero attached hydrogens (tertiary/aromatic N) is 3. The Bertz CT molecular complexity index is 224. The van der Waals surface area contributed by atoms with Gasteiger partial charge in [0, 0.05) is 19.6 Å². The molecule has 0 saturated carbocycles. The molecular formula is C10H17N3O. The highest BCUT2D eigenvalue weighted by Crippen LogP contribution is 1.89. The Morgan fingerprint density at radius 1 is 1.43 bits per heavy atom. The average Bonchev–Trinajstić information content (AvgIpc) is 2.22. The highest BCUT2D eigenvalue weighted by Gasteiger charge is 1.86. The third kappa shape index (κ3) is 7.36. The molecule has 0 spiro atoms. The number of hydrogen-bond acceptors (Lipinski definition) is 4. The van der Waals surface area contributed by atoms with Crippen molar-refractivity contribution < 1.29 is 4.74 Å². The van der Waals surface area contributed by atoms with E-state index in [9.17, 15) is 0 Å². The van der Waals surface area contributed by atoms with E-state index in [4.69, 9.17) is 4.74 Å². The maximum atomic E-state index is 4.83. The quantitative estimate of drug-likeness (QED) is 0.685. The Morgan fingerprint density at radius 2 is 2.14 bits per heavy atom. The zero-order valence-electron chi connectivity index (χ0n) is 8.81. The summed E-state index contributed by atoms with van der Waals surface area (Å²) in [7, 11) is 0. The molecule has 0 aromatic carbocycles. The summed E-state index contributed by atoms with van der Waals surface area (Å²) in [5, 5.41) is 10.7. The van der Waals surface area contributed by atoms with E-state index in [-0.39, 0.29) is 0 Å². The SMILES string of the molecule is C=CCc1ccnnn1.CCOCC. The van der Waals surface area contributed by atoms with E-state index in [2.05, 4.69) is 22.0 Å². The van der Waals surface area contributed by atoms with Crippen molar-refractivity contribution in [3.8, 4) is 0 Å². The van der Waals surface area contributed by atoms with Crippen LogP contribution in [0.2, 0.25) is 0 Å². The van der Waals surface area contributed by atoms with Crippen LogP contribution in [0.4, 0.5) is 0 Å². The zero-order chi connectivity index (χ0) is 10.6. The fourth-order valence-electron chi connectivity index (χ4n) is 0.727. The first-order valence-electron chi connectivity index (χ1n) is 4.67. The summed E-state index contributed by atoms with van der Waals surface area (Å²) in [6.45, 7) is 9.23. The molecule has 0 bridgehead atoms. The highest BCUT2D eigenvalue weighted by atomic mass is 16.5. The summed E-state index contributed by atoms with van der Waals surface area (Å²) < 4.78 is 4.83. The van der Waals surface area contributed by atoms with Crippen molar-refractivity contribution >= 4 is 0 Å². The zero-order valence-corrected chi connectivity index (χ0v) is 8.81. The molecule has 0 aliphatic rings. The van der Waals surface area contributed by atoms with Crippen LogP contribution in [-0.2, 0) is 11.2 Å². The summed E-state index contributed by atoms with van der Waals surface area (Å²) in [5.74, 6) is 0. The maximum absolute atomic E-state index is 4.83. The minimum atomic E-state index is 0.759. The fourth-order valence-corrected chi connectivity index (χ4v) is 0.727. The Hall–Kier alpha value is -1.29. The second-order valence-electron chi connectivity index (χ2n) is 2.39. The predicted molar refractivity (Wildman–Crippen MR) is 55.9 cm³/mol. The van der Waals surface area contributed by atoms with Crippen LogP contribution in [-0.4, -0.2) is 28.6 Å². The second kappa shape index (κ2) is 9.80. The van der Waals surface area contributed by atoms with Gasteiger partial charge in [0.25, 0.3) is 0 Å². The molecule has 1 aromatic rings. The van der Waals surface area contributed by atoms with Gasteiger partial charge < -0.3 is 4.74 Å². The number of rotatable bonds is 4.